The Morgan fingerprint density at radius 1 is 1.22 bits per heavy atom. The van der Waals surface area contributed by atoms with Crippen LogP contribution in [0.15, 0.2) is 0 Å². The summed E-state index contributed by atoms with van der Waals surface area (Å²) in [5.74, 6) is 0. The SMILES string of the molecule is CC1CN(S(=O)(=O)C2CCCCC2)CC(CN)O1. The minimum absolute atomic E-state index is 0.0642. The minimum Gasteiger partial charge on any atom is -0.371 e. The molecule has 2 rings (SSSR count). The molecule has 2 N–H and O–H groups in total. The molecule has 1 saturated carbocycles. The van der Waals surface area contributed by atoms with Crippen molar-refractivity contribution in [2.24, 2.45) is 5.73 Å². The van der Waals surface area contributed by atoms with E-state index >= 15 is 0 Å². The minimum atomic E-state index is -3.16. The molecule has 1 aliphatic carbocycles. The lowest BCUT2D eigenvalue weighted by Gasteiger charge is -2.38. The Morgan fingerprint density at radius 2 is 1.89 bits per heavy atom. The molecule has 1 saturated heterocycles. The number of nitrogens with zero attached hydrogens (tertiary/aromatic N) is 1. The molecular formula is C12H24N2O3S. The molecule has 0 spiro atoms. The van der Waals surface area contributed by atoms with E-state index in [1.807, 2.05) is 6.92 Å². The summed E-state index contributed by atoms with van der Waals surface area (Å²) in [4.78, 5) is 0. The van der Waals surface area contributed by atoms with Crippen LogP contribution in [-0.4, -0.2) is 49.8 Å². The van der Waals surface area contributed by atoms with Crippen LogP contribution < -0.4 is 5.73 Å². The maximum atomic E-state index is 12.6. The number of rotatable bonds is 3. The first kappa shape index (κ1) is 14.2. The summed E-state index contributed by atoms with van der Waals surface area (Å²) in [6.07, 6.45) is 4.62. The summed E-state index contributed by atoms with van der Waals surface area (Å²) in [6.45, 7) is 3.17. The number of hydrogen-bond acceptors (Lipinski definition) is 4. The van der Waals surface area contributed by atoms with Crippen LogP contribution in [-0.2, 0) is 14.8 Å². The second-order valence-electron chi connectivity index (χ2n) is 5.43. The fraction of sp³-hybridized carbons (Fsp3) is 1.00. The van der Waals surface area contributed by atoms with Gasteiger partial charge in [0.25, 0.3) is 0 Å². The highest BCUT2D eigenvalue weighted by molar-refractivity contribution is 7.89. The molecular weight excluding hydrogens is 252 g/mol. The molecule has 0 aromatic heterocycles. The van der Waals surface area contributed by atoms with E-state index in [4.69, 9.17) is 10.5 Å². The number of morpholine rings is 1. The molecule has 0 aromatic carbocycles. The summed E-state index contributed by atoms with van der Waals surface area (Å²) in [5.41, 5.74) is 5.60. The topological polar surface area (TPSA) is 72.6 Å². The van der Waals surface area contributed by atoms with E-state index in [0.717, 1.165) is 32.1 Å². The normalized spacial score (nSPS) is 32.6. The number of ether oxygens (including phenoxy) is 1. The van der Waals surface area contributed by atoms with E-state index in [1.54, 1.807) is 4.31 Å². The van der Waals surface area contributed by atoms with Gasteiger partial charge in [-0.15, -0.1) is 0 Å². The lowest BCUT2D eigenvalue weighted by Crippen LogP contribution is -2.53. The van der Waals surface area contributed by atoms with Gasteiger partial charge in [-0.05, 0) is 19.8 Å². The van der Waals surface area contributed by atoms with Gasteiger partial charge in [0, 0.05) is 19.6 Å². The molecule has 18 heavy (non-hydrogen) atoms. The highest BCUT2D eigenvalue weighted by Gasteiger charge is 2.37. The quantitative estimate of drug-likeness (QED) is 0.823. The molecule has 106 valence electrons. The van der Waals surface area contributed by atoms with Crippen molar-refractivity contribution in [1.82, 2.24) is 4.31 Å². The fourth-order valence-electron chi connectivity index (χ4n) is 2.91. The van der Waals surface area contributed by atoms with Crippen molar-refractivity contribution in [2.75, 3.05) is 19.6 Å². The Kier molecular flexibility index (Phi) is 4.64. The molecule has 2 fully saturated rings. The Labute approximate surface area is 110 Å². The van der Waals surface area contributed by atoms with Crippen LogP contribution in [0, 0.1) is 0 Å². The summed E-state index contributed by atoms with van der Waals surface area (Å²) in [5, 5.41) is -0.185. The largest absolute Gasteiger partial charge is 0.371 e. The lowest BCUT2D eigenvalue weighted by molar-refractivity contribution is -0.0489. The maximum Gasteiger partial charge on any atom is 0.217 e. The lowest BCUT2D eigenvalue weighted by atomic mass is 10.0. The maximum absolute atomic E-state index is 12.6. The first-order valence-electron chi connectivity index (χ1n) is 6.88. The van der Waals surface area contributed by atoms with E-state index in [1.165, 1.54) is 0 Å². The van der Waals surface area contributed by atoms with Gasteiger partial charge < -0.3 is 10.5 Å². The second-order valence-corrected chi connectivity index (χ2v) is 7.64. The van der Waals surface area contributed by atoms with E-state index in [-0.39, 0.29) is 17.5 Å². The molecule has 2 unspecified atom stereocenters. The van der Waals surface area contributed by atoms with Crippen LogP contribution in [0.3, 0.4) is 0 Å². The Hall–Kier alpha value is -0.170. The average Bonchev–Trinajstić information content (AvgIpc) is 2.39. The van der Waals surface area contributed by atoms with Crippen LogP contribution in [0.2, 0.25) is 0 Å². The first-order chi connectivity index (χ1) is 8.54. The van der Waals surface area contributed by atoms with Crippen molar-refractivity contribution in [3.8, 4) is 0 Å². The molecule has 5 nitrogen and oxygen atoms in total. The number of hydrogen-bond donors (Lipinski definition) is 1. The average molecular weight is 276 g/mol. The third-order valence-electron chi connectivity index (χ3n) is 3.89. The summed E-state index contributed by atoms with van der Waals surface area (Å²) >= 11 is 0. The summed E-state index contributed by atoms with van der Waals surface area (Å²) < 4.78 is 32.4. The summed E-state index contributed by atoms with van der Waals surface area (Å²) in [7, 11) is -3.16. The molecule has 0 bridgehead atoms. The highest BCUT2D eigenvalue weighted by Crippen LogP contribution is 2.27. The van der Waals surface area contributed by atoms with Gasteiger partial charge in [0.1, 0.15) is 0 Å². The Balaban J connectivity index is 2.08. The van der Waals surface area contributed by atoms with Gasteiger partial charge in [-0.25, -0.2) is 8.42 Å². The van der Waals surface area contributed by atoms with Crippen molar-refractivity contribution in [1.29, 1.82) is 0 Å². The highest BCUT2D eigenvalue weighted by atomic mass is 32.2. The van der Waals surface area contributed by atoms with Crippen LogP contribution in [0.25, 0.3) is 0 Å². The van der Waals surface area contributed by atoms with E-state index < -0.39 is 10.0 Å². The third-order valence-corrected chi connectivity index (χ3v) is 6.22. The molecule has 0 amide bonds. The number of sulfonamides is 1. The first-order valence-corrected chi connectivity index (χ1v) is 8.39. The third kappa shape index (κ3) is 3.04. The summed E-state index contributed by atoms with van der Waals surface area (Å²) in [6, 6.07) is 0. The van der Waals surface area contributed by atoms with Crippen molar-refractivity contribution >= 4 is 10.0 Å². The van der Waals surface area contributed by atoms with Gasteiger partial charge in [0.05, 0.1) is 17.5 Å². The van der Waals surface area contributed by atoms with Gasteiger partial charge in [-0.2, -0.15) is 4.31 Å². The zero-order valence-corrected chi connectivity index (χ0v) is 11.9. The zero-order valence-electron chi connectivity index (χ0n) is 11.0. The van der Waals surface area contributed by atoms with Gasteiger partial charge in [0.15, 0.2) is 0 Å². The van der Waals surface area contributed by atoms with E-state index in [2.05, 4.69) is 0 Å². The Morgan fingerprint density at radius 3 is 2.50 bits per heavy atom. The van der Waals surface area contributed by atoms with Crippen LogP contribution in [0.4, 0.5) is 0 Å². The molecule has 6 heteroatoms. The van der Waals surface area contributed by atoms with E-state index in [0.29, 0.717) is 19.6 Å². The molecule has 1 heterocycles. The molecule has 2 aliphatic rings. The fourth-order valence-corrected chi connectivity index (χ4v) is 5.06. The molecule has 0 radical (unpaired) electrons. The zero-order chi connectivity index (χ0) is 13.2. The van der Waals surface area contributed by atoms with Crippen molar-refractivity contribution in [2.45, 2.75) is 56.5 Å². The van der Waals surface area contributed by atoms with Crippen molar-refractivity contribution in [3.05, 3.63) is 0 Å². The van der Waals surface area contributed by atoms with Gasteiger partial charge in [-0.1, -0.05) is 19.3 Å². The molecule has 0 aromatic rings. The second kappa shape index (κ2) is 5.86. The van der Waals surface area contributed by atoms with Gasteiger partial charge >= 0.3 is 0 Å². The van der Waals surface area contributed by atoms with Crippen LogP contribution >= 0.6 is 0 Å². The monoisotopic (exact) mass is 276 g/mol. The van der Waals surface area contributed by atoms with Crippen LogP contribution in [0.1, 0.15) is 39.0 Å². The van der Waals surface area contributed by atoms with E-state index in [9.17, 15) is 8.42 Å². The predicted octanol–water partition coefficient (Wildman–Crippen LogP) is 0.697. The van der Waals surface area contributed by atoms with Crippen molar-refractivity contribution < 1.29 is 13.2 Å². The van der Waals surface area contributed by atoms with Gasteiger partial charge in [0.2, 0.25) is 10.0 Å². The Bertz CT molecular complexity index is 366. The molecule has 1 aliphatic heterocycles. The standard InChI is InChI=1S/C12H24N2O3S/c1-10-8-14(9-11(7-13)17-10)18(15,16)12-5-3-2-4-6-12/h10-12H,2-9,13H2,1H3. The van der Waals surface area contributed by atoms with Crippen molar-refractivity contribution in [3.63, 3.8) is 0 Å². The smallest absolute Gasteiger partial charge is 0.217 e. The number of nitrogens with two attached hydrogens (primary N) is 1. The predicted molar refractivity (Wildman–Crippen MR) is 70.8 cm³/mol. The van der Waals surface area contributed by atoms with Gasteiger partial charge in [-0.3, -0.25) is 0 Å². The van der Waals surface area contributed by atoms with Crippen LogP contribution in [0.5, 0.6) is 0 Å². The molecule has 2 atom stereocenters.